The van der Waals surface area contributed by atoms with Crippen LogP contribution in [-0.2, 0) is 0 Å². The SMILES string of the molecule is COc1ccc(Br)cc1OCCCCCC#N. The van der Waals surface area contributed by atoms with Crippen molar-refractivity contribution in [3.8, 4) is 17.6 Å². The minimum absolute atomic E-state index is 0.625. The second-order valence-electron chi connectivity index (χ2n) is 3.61. The zero-order valence-electron chi connectivity index (χ0n) is 9.91. The number of nitrogens with zero attached hydrogens (tertiary/aromatic N) is 1. The van der Waals surface area contributed by atoms with Gasteiger partial charge in [-0.1, -0.05) is 15.9 Å². The van der Waals surface area contributed by atoms with Crippen LogP contribution in [0.5, 0.6) is 11.5 Å². The van der Waals surface area contributed by atoms with Crippen molar-refractivity contribution in [2.45, 2.75) is 25.7 Å². The number of rotatable bonds is 7. The average Bonchev–Trinajstić information content (AvgIpc) is 2.34. The second kappa shape index (κ2) is 7.97. The van der Waals surface area contributed by atoms with Crippen LogP contribution < -0.4 is 9.47 Å². The third kappa shape index (κ3) is 5.10. The van der Waals surface area contributed by atoms with E-state index in [2.05, 4.69) is 22.0 Å². The number of hydrogen-bond acceptors (Lipinski definition) is 3. The Morgan fingerprint density at radius 1 is 1.24 bits per heavy atom. The molecule has 0 atom stereocenters. The van der Waals surface area contributed by atoms with Crippen LogP contribution in [0, 0.1) is 11.3 Å². The summed E-state index contributed by atoms with van der Waals surface area (Å²) in [5.41, 5.74) is 0. The first-order valence-corrected chi connectivity index (χ1v) is 6.40. The van der Waals surface area contributed by atoms with Crippen LogP contribution in [0.2, 0.25) is 0 Å². The molecule has 1 aromatic carbocycles. The Hall–Kier alpha value is -1.21. The van der Waals surface area contributed by atoms with Crippen molar-refractivity contribution in [1.82, 2.24) is 0 Å². The zero-order valence-corrected chi connectivity index (χ0v) is 11.5. The molecule has 0 aliphatic heterocycles. The summed E-state index contributed by atoms with van der Waals surface area (Å²) in [6.07, 6.45) is 3.54. The molecule has 3 nitrogen and oxygen atoms in total. The quantitative estimate of drug-likeness (QED) is 0.716. The van der Waals surface area contributed by atoms with E-state index in [1.54, 1.807) is 7.11 Å². The van der Waals surface area contributed by atoms with Gasteiger partial charge < -0.3 is 9.47 Å². The predicted molar refractivity (Wildman–Crippen MR) is 70.3 cm³/mol. The highest BCUT2D eigenvalue weighted by Crippen LogP contribution is 2.30. The Labute approximate surface area is 110 Å². The van der Waals surface area contributed by atoms with Crippen LogP contribution in [0.15, 0.2) is 22.7 Å². The molecule has 0 aromatic heterocycles. The summed E-state index contributed by atoms with van der Waals surface area (Å²) in [6, 6.07) is 7.82. The lowest BCUT2D eigenvalue weighted by molar-refractivity contribution is 0.285. The molecule has 92 valence electrons. The van der Waals surface area contributed by atoms with Crippen LogP contribution in [0.4, 0.5) is 0 Å². The van der Waals surface area contributed by atoms with Crippen LogP contribution in [0.25, 0.3) is 0 Å². The van der Waals surface area contributed by atoms with E-state index in [4.69, 9.17) is 14.7 Å². The van der Waals surface area contributed by atoms with E-state index in [-0.39, 0.29) is 0 Å². The molecule has 0 heterocycles. The van der Waals surface area contributed by atoms with E-state index in [1.807, 2.05) is 18.2 Å². The van der Waals surface area contributed by atoms with Gasteiger partial charge in [0.2, 0.25) is 0 Å². The molecule has 1 aromatic rings. The highest BCUT2D eigenvalue weighted by atomic mass is 79.9. The van der Waals surface area contributed by atoms with E-state index >= 15 is 0 Å². The normalized spacial score (nSPS) is 9.71. The molecular formula is C13H16BrNO2. The Morgan fingerprint density at radius 2 is 2.06 bits per heavy atom. The highest BCUT2D eigenvalue weighted by Gasteiger charge is 2.04. The topological polar surface area (TPSA) is 42.2 Å². The highest BCUT2D eigenvalue weighted by molar-refractivity contribution is 9.10. The molecule has 1 rings (SSSR count). The lowest BCUT2D eigenvalue weighted by atomic mass is 10.2. The van der Waals surface area contributed by atoms with Gasteiger partial charge in [0.05, 0.1) is 19.8 Å². The van der Waals surface area contributed by atoms with Crippen LogP contribution >= 0.6 is 15.9 Å². The molecule has 0 bridgehead atoms. The molecule has 0 amide bonds. The maximum Gasteiger partial charge on any atom is 0.162 e. The fourth-order valence-corrected chi connectivity index (χ4v) is 1.77. The third-order valence-corrected chi connectivity index (χ3v) is 2.81. The minimum atomic E-state index is 0.625. The molecule has 17 heavy (non-hydrogen) atoms. The Bertz CT molecular complexity index is 387. The number of ether oxygens (including phenoxy) is 2. The average molecular weight is 298 g/mol. The number of methoxy groups -OCH3 is 1. The number of halogens is 1. The molecule has 0 saturated heterocycles. The minimum Gasteiger partial charge on any atom is -0.493 e. The standard InChI is InChI=1S/C13H16BrNO2/c1-16-12-7-6-11(14)10-13(12)17-9-5-3-2-4-8-15/h6-7,10H,2-5,9H2,1H3. The van der Waals surface area contributed by atoms with Gasteiger partial charge >= 0.3 is 0 Å². The number of benzene rings is 1. The summed E-state index contributed by atoms with van der Waals surface area (Å²) in [7, 11) is 1.63. The maximum atomic E-state index is 8.40. The molecule has 0 N–H and O–H groups in total. The Kier molecular flexibility index (Phi) is 6.49. The Morgan fingerprint density at radius 3 is 2.76 bits per heavy atom. The fraction of sp³-hybridized carbons (Fsp3) is 0.462. The summed E-state index contributed by atoms with van der Waals surface area (Å²) < 4.78 is 11.8. The summed E-state index contributed by atoms with van der Waals surface area (Å²) in [6.45, 7) is 0.651. The van der Waals surface area contributed by atoms with Crippen molar-refractivity contribution in [3.63, 3.8) is 0 Å². The van der Waals surface area contributed by atoms with Crippen LogP contribution in [-0.4, -0.2) is 13.7 Å². The zero-order chi connectivity index (χ0) is 12.5. The van der Waals surface area contributed by atoms with Crippen LogP contribution in [0.1, 0.15) is 25.7 Å². The second-order valence-corrected chi connectivity index (χ2v) is 4.53. The molecule has 0 unspecified atom stereocenters. The van der Waals surface area contributed by atoms with E-state index in [1.165, 1.54) is 0 Å². The van der Waals surface area contributed by atoms with Gasteiger partial charge in [-0.2, -0.15) is 5.26 Å². The van der Waals surface area contributed by atoms with Gasteiger partial charge in [-0.3, -0.25) is 0 Å². The summed E-state index contributed by atoms with van der Waals surface area (Å²) in [4.78, 5) is 0. The van der Waals surface area contributed by atoms with Gasteiger partial charge in [0.15, 0.2) is 11.5 Å². The summed E-state index contributed by atoms with van der Waals surface area (Å²) in [5, 5.41) is 8.40. The predicted octanol–water partition coefficient (Wildman–Crippen LogP) is 3.92. The molecule has 0 aliphatic rings. The van der Waals surface area contributed by atoms with E-state index in [9.17, 15) is 0 Å². The van der Waals surface area contributed by atoms with Gasteiger partial charge in [0.1, 0.15) is 0 Å². The van der Waals surface area contributed by atoms with E-state index in [0.717, 1.165) is 35.2 Å². The lowest BCUT2D eigenvalue weighted by Crippen LogP contribution is -1.99. The van der Waals surface area contributed by atoms with E-state index < -0.39 is 0 Å². The van der Waals surface area contributed by atoms with Crippen molar-refractivity contribution in [2.24, 2.45) is 0 Å². The van der Waals surface area contributed by atoms with Crippen molar-refractivity contribution in [2.75, 3.05) is 13.7 Å². The molecule has 0 radical (unpaired) electrons. The first kappa shape index (κ1) is 13.9. The third-order valence-electron chi connectivity index (χ3n) is 2.32. The number of unbranched alkanes of at least 4 members (excludes halogenated alkanes) is 3. The largest absolute Gasteiger partial charge is 0.493 e. The number of hydrogen-bond donors (Lipinski definition) is 0. The van der Waals surface area contributed by atoms with Gasteiger partial charge in [-0.15, -0.1) is 0 Å². The Balaban J connectivity index is 2.35. The van der Waals surface area contributed by atoms with Crippen molar-refractivity contribution < 1.29 is 9.47 Å². The maximum absolute atomic E-state index is 8.40. The summed E-state index contributed by atoms with van der Waals surface area (Å²) in [5.74, 6) is 1.49. The number of nitriles is 1. The van der Waals surface area contributed by atoms with Crippen molar-refractivity contribution in [1.29, 1.82) is 5.26 Å². The van der Waals surface area contributed by atoms with E-state index in [0.29, 0.717) is 13.0 Å². The smallest absolute Gasteiger partial charge is 0.162 e. The summed E-state index contributed by atoms with van der Waals surface area (Å²) >= 11 is 3.40. The van der Waals surface area contributed by atoms with Crippen molar-refractivity contribution >= 4 is 15.9 Å². The molecule has 0 saturated carbocycles. The van der Waals surface area contributed by atoms with Gasteiger partial charge in [0, 0.05) is 10.9 Å². The van der Waals surface area contributed by atoms with Crippen LogP contribution in [0.3, 0.4) is 0 Å². The first-order chi connectivity index (χ1) is 8.27. The molecule has 4 heteroatoms. The monoisotopic (exact) mass is 297 g/mol. The first-order valence-electron chi connectivity index (χ1n) is 5.61. The van der Waals surface area contributed by atoms with Crippen molar-refractivity contribution in [3.05, 3.63) is 22.7 Å². The lowest BCUT2D eigenvalue weighted by Gasteiger charge is -2.10. The van der Waals surface area contributed by atoms with Gasteiger partial charge in [0.25, 0.3) is 0 Å². The fourth-order valence-electron chi connectivity index (χ4n) is 1.43. The molecule has 0 fully saturated rings. The molecule has 0 spiro atoms. The molecule has 0 aliphatic carbocycles. The molecular weight excluding hydrogens is 282 g/mol. The van der Waals surface area contributed by atoms with Gasteiger partial charge in [-0.25, -0.2) is 0 Å². The van der Waals surface area contributed by atoms with Gasteiger partial charge in [-0.05, 0) is 37.5 Å².